The predicted molar refractivity (Wildman–Crippen MR) is 87.7 cm³/mol. The van der Waals surface area contributed by atoms with Gasteiger partial charge in [-0.2, -0.15) is 13.2 Å². The molecule has 2 amide bonds. The van der Waals surface area contributed by atoms with Crippen LogP contribution >= 0.6 is 11.3 Å². The van der Waals surface area contributed by atoms with E-state index in [-0.39, 0.29) is 11.3 Å². The van der Waals surface area contributed by atoms with Gasteiger partial charge in [-0.3, -0.25) is 9.59 Å². The van der Waals surface area contributed by atoms with Crippen molar-refractivity contribution in [3.8, 4) is 0 Å². The van der Waals surface area contributed by atoms with E-state index in [2.05, 4.69) is 10.3 Å². The van der Waals surface area contributed by atoms with E-state index < -0.39 is 24.5 Å². The van der Waals surface area contributed by atoms with Crippen molar-refractivity contribution >= 4 is 28.8 Å². The summed E-state index contributed by atoms with van der Waals surface area (Å²) in [5, 5.41) is 6.73. The number of nitrogens with one attached hydrogen (secondary N) is 2. The zero-order chi connectivity index (χ0) is 18.4. The smallest absolute Gasteiger partial charge is 0.343 e. The van der Waals surface area contributed by atoms with Crippen molar-refractivity contribution in [2.45, 2.75) is 12.6 Å². The largest absolute Gasteiger partial charge is 0.405 e. The van der Waals surface area contributed by atoms with E-state index in [1.165, 1.54) is 35.6 Å². The van der Waals surface area contributed by atoms with Crippen molar-refractivity contribution in [1.29, 1.82) is 0 Å². The molecule has 0 radical (unpaired) electrons. The number of anilines is 1. The molecule has 4 N–H and O–H groups in total. The fourth-order valence-electron chi connectivity index (χ4n) is 1.84. The number of hydrogen-bond donors (Lipinski definition) is 3. The zero-order valence-corrected chi connectivity index (χ0v) is 13.7. The summed E-state index contributed by atoms with van der Waals surface area (Å²) in [6, 6.07) is 5.49. The Morgan fingerprint density at radius 3 is 2.44 bits per heavy atom. The van der Waals surface area contributed by atoms with Crippen molar-refractivity contribution in [1.82, 2.24) is 10.3 Å². The molecule has 134 valence electrons. The lowest BCUT2D eigenvalue weighted by molar-refractivity contribution is -0.123. The fraction of sp³-hybridized carbons (Fsp3) is 0.267. The number of benzene rings is 1. The number of thiazole rings is 1. The number of rotatable bonds is 6. The fourth-order valence-corrected chi connectivity index (χ4v) is 2.63. The molecule has 0 fully saturated rings. The first-order valence-corrected chi connectivity index (χ1v) is 8.07. The Hall–Kier alpha value is -2.46. The van der Waals surface area contributed by atoms with Gasteiger partial charge in [0.15, 0.2) is 0 Å². The molecule has 1 heterocycles. The third-order valence-corrected chi connectivity index (χ3v) is 3.91. The standard InChI is InChI=1S/C15H15F3N4O2S/c16-15(17,18)8-20-13(23)9-1-3-10(4-2-9)21-14(24)11-7-25-12(22-11)5-6-19/h1-4,7H,5-6,8,19H2,(H,20,23)(H,21,24). The molecule has 0 aliphatic rings. The van der Waals surface area contributed by atoms with Gasteiger partial charge in [-0.15, -0.1) is 11.3 Å². The summed E-state index contributed by atoms with van der Waals surface area (Å²) in [5.41, 5.74) is 6.13. The van der Waals surface area contributed by atoms with Crippen molar-refractivity contribution in [2.24, 2.45) is 5.73 Å². The van der Waals surface area contributed by atoms with Crippen molar-refractivity contribution in [3.63, 3.8) is 0 Å². The molecule has 1 aromatic carbocycles. The van der Waals surface area contributed by atoms with Crippen molar-refractivity contribution < 1.29 is 22.8 Å². The topological polar surface area (TPSA) is 97.1 Å². The van der Waals surface area contributed by atoms with Gasteiger partial charge in [-0.25, -0.2) is 4.98 Å². The van der Waals surface area contributed by atoms with E-state index in [1.54, 1.807) is 10.7 Å². The van der Waals surface area contributed by atoms with Crippen molar-refractivity contribution in [2.75, 3.05) is 18.4 Å². The summed E-state index contributed by atoms with van der Waals surface area (Å²) >= 11 is 1.33. The first-order chi connectivity index (χ1) is 11.8. The molecule has 0 aliphatic heterocycles. The van der Waals surface area contributed by atoms with Gasteiger partial charge in [-0.05, 0) is 30.8 Å². The normalized spacial score (nSPS) is 11.2. The second-order valence-electron chi connectivity index (χ2n) is 4.99. The van der Waals surface area contributed by atoms with Crippen LogP contribution in [0.2, 0.25) is 0 Å². The summed E-state index contributed by atoms with van der Waals surface area (Å²) in [4.78, 5) is 27.8. The number of aromatic nitrogens is 1. The molecule has 0 saturated carbocycles. The van der Waals surface area contributed by atoms with E-state index in [9.17, 15) is 22.8 Å². The molecule has 2 rings (SSSR count). The van der Waals surface area contributed by atoms with Crippen LogP contribution in [0.15, 0.2) is 29.6 Å². The molecule has 0 saturated heterocycles. The number of amides is 2. The Morgan fingerprint density at radius 1 is 1.16 bits per heavy atom. The third kappa shape index (κ3) is 5.84. The summed E-state index contributed by atoms with van der Waals surface area (Å²) in [5.74, 6) is -1.27. The van der Waals surface area contributed by atoms with Gasteiger partial charge in [0.2, 0.25) is 0 Å². The lowest BCUT2D eigenvalue weighted by Crippen LogP contribution is -2.33. The third-order valence-electron chi connectivity index (χ3n) is 3.00. The van der Waals surface area contributed by atoms with Gasteiger partial charge in [0.05, 0.1) is 5.01 Å². The summed E-state index contributed by atoms with van der Waals surface area (Å²) < 4.78 is 36.2. The molecule has 25 heavy (non-hydrogen) atoms. The van der Waals surface area contributed by atoms with Gasteiger partial charge in [0.1, 0.15) is 12.2 Å². The number of halogens is 3. The number of carbonyl (C=O) groups is 2. The molecule has 6 nitrogen and oxygen atoms in total. The van der Waals surface area contributed by atoms with E-state index in [0.29, 0.717) is 18.7 Å². The molecule has 10 heteroatoms. The van der Waals surface area contributed by atoms with Crippen LogP contribution in [0.5, 0.6) is 0 Å². The number of hydrogen-bond acceptors (Lipinski definition) is 5. The molecular weight excluding hydrogens is 357 g/mol. The molecule has 0 bridgehead atoms. The highest BCUT2D eigenvalue weighted by molar-refractivity contribution is 7.09. The molecule has 2 aromatic rings. The zero-order valence-electron chi connectivity index (χ0n) is 12.9. The highest BCUT2D eigenvalue weighted by Gasteiger charge is 2.27. The predicted octanol–water partition coefficient (Wildman–Crippen LogP) is 2.19. The molecular formula is C15H15F3N4O2S. The Balaban J connectivity index is 1.95. The second kappa shape index (κ2) is 8.08. The lowest BCUT2D eigenvalue weighted by Gasteiger charge is -2.09. The number of nitrogens with two attached hydrogens (primary N) is 1. The maximum absolute atomic E-state index is 12.1. The van der Waals surface area contributed by atoms with Crippen LogP contribution in [0.25, 0.3) is 0 Å². The van der Waals surface area contributed by atoms with Crippen LogP contribution in [0.1, 0.15) is 25.9 Å². The lowest BCUT2D eigenvalue weighted by atomic mass is 10.2. The average Bonchev–Trinajstić information content (AvgIpc) is 3.02. The van der Waals surface area contributed by atoms with E-state index in [1.807, 2.05) is 0 Å². The van der Waals surface area contributed by atoms with Crippen LogP contribution in [-0.2, 0) is 6.42 Å². The first kappa shape index (κ1) is 18.9. The summed E-state index contributed by atoms with van der Waals surface area (Å²) in [6.45, 7) is -0.967. The van der Waals surface area contributed by atoms with Crippen molar-refractivity contribution in [3.05, 3.63) is 45.9 Å². The minimum absolute atomic E-state index is 0.0566. The Bertz CT molecular complexity index is 744. The van der Waals surface area contributed by atoms with Gasteiger partial charge in [0.25, 0.3) is 11.8 Å². The minimum Gasteiger partial charge on any atom is -0.343 e. The van der Waals surface area contributed by atoms with E-state index in [4.69, 9.17) is 5.73 Å². The van der Waals surface area contributed by atoms with Gasteiger partial charge in [-0.1, -0.05) is 0 Å². The molecule has 0 spiro atoms. The highest BCUT2D eigenvalue weighted by atomic mass is 32.1. The Labute approximate surface area is 145 Å². The van der Waals surface area contributed by atoms with Crippen LogP contribution < -0.4 is 16.4 Å². The molecule has 0 atom stereocenters. The second-order valence-corrected chi connectivity index (χ2v) is 5.94. The monoisotopic (exact) mass is 372 g/mol. The van der Waals surface area contributed by atoms with E-state index >= 15 is 0 Å². The van der Waals surface area contributed by atoms with Crippen LogP contribution in [-0.4, -0.2) is 36.1 Å². The number of nitrogens with zero attached hydrogens (tertiary/aromatic N) is 1. The molecule has 1 aromatic heterocycles. The highest BCUT2D eigenvalue weighted by Crippen LogP contribution is 2.15. The van der Waals surface area contributed by atoms with Crippen LogP contribution in [0, 0.1) is 0 Å². The van der Waals surface area contributed by atoms with Gasteiger partial charge >= 0.3 is 6.18 Å². The van der Waals surface area contributed by atoms with Crippen LogP contribution in [0.3, 0.4) is 0 Å². The maximum Gasteiger partial charge on any atom is 0.405 e. The maximum atomic E-state index is 12.1. The molecule has 0 aliphatic carbocycles. The van der Waals surface area contributed by atoms with Gasteiger partial charge < -0.3 is 16.4 Å². The first-order valence-electron chi connectivity index (χ1n) is 7.19. The van der Waals surface area contributed by atoms with Gasteiger partial charge in [0, 0.05) is 23.1 Å². The SMILES string of the molecule is NCCc1nc(C(=O)Nc2ccc(C(=O)NCC(F)(F)F)cc2)cs1. The quantitative estimate of drug-likeness (QED) is 0.724. The summed E-state index contributed by atoms with van der Waals surface area (Å²) in [6.07, 6.45) is -3.89. The van der Waals surface area contributed by atoms with E-state index in [0.717, 1.165) is 5.01 Å². The molecule has 0 unspecified atom stereocenters. The number of carbonyl (C=O) groups excluding carboxylic acids is 2. The van der Waals surface area contributed by atoms with Crippen LogP contribution in [0.4, 0.5) is 18.9 Å². The Morgan fingerprint density at radius 2 is 1.84 bits per heavy atom. The summed E-state index contributed by atoms with van der Waals surface area (Å²) in [7, 11) is 0. The minimum atomic E-state index is -4.47. The Kier molecular flexibility index (Phi) is 6.10. The average molecular weight is 372 g/mol. The number of alkyl halides is 3.